The van der Waals surface area contributed by atoms with Gasteiger partial charge in [-0.15, -0.1) is 0 Å². The molecule has 0 heterocycles. The first-order valence-electron chi connectivity index (χ1n) is 4.38. The van der Waals surface area contributed by atoms with E-state index in [-0.39, 0.29) is 5.56 Å². The molecule has 5 nitrogen and oxygen atoms in total. The van der Waals surface area contributed by atoms with Crippen molar-refractivity contribution in [3.63, 3.8) is 0 Å². The molecule has 0 atom stereocenters. The van der Waals surface area contributed by atoms with Crippen LogP contribution in [-0.2, 0) is 17.4 Å². The maximum Gasteiger partial charge on any atom is 0.424 e. The molecular weight excluding hydrogens is 323 g/mol. The van der Waals surface area contributed by atoms with Crippen LogP contribution in [0, 0.1) is 10.1 Å². The van der Waals surface area contributed by atoms with Crippen molar-refractivity contribution in [2.24, 2.45) is 0 Å². The van der Waals surface area contributed by atoms with E-state index in [1.807, 2.05) is 0 Å². The Morgan fingerprint density at radius 3 is 2.39 bits per heavy atom. The highest BCUT2D eigenvalue weighted by molar-refractivity contribution is 9.10. The summed E-state index contributed by atoms with van der Waals surface area (Å²) < 4.78 is 37.3. The average Bonchev–Trinajstić information content (AvgIpc) is 2.12. The molecule has 1 aromatic rings. The number of alkyl halides is 3. The van der Waals surface area contributed by atoms with Crippen molar-refractivity contribution in [1.82, 2.24) is 0 Å². The molecule has 1 N–H and O–H groups in total. The number of aliphatic carboxylic acids is 1. The number of carboxylic acids is 1. The Kier molecular flexibility index (Phi) is 3.95. The van der Waals surface area contributed by atoms with Crippen molar-refractivity contribution in [3.8, 4) is 0 Å². The van der Waals surface area contributed by atoms with Gasteiger partial charge < -0.3 is 5.11 Å². The molecule has 0 radical (unpaired) electrons. The van der Waals surface area contributed by atoms with Crippen molar-refractivity contribution >= 4 is 27.6 Å². The fourth-order valence-corrected chi connectivity index (χ4v) is 2.07. The number of benzene rings is 1. The molecule has 0 saturated heterocycles. The molecule has 0 aromatic heterocycles. The highest BCUT2D eigenvalue weighted by Crippen LogP contribution is 2.41. The first-order valence-corrected chi connectivity index (χ1v) is 5.18. The van der Waals surface area contributed by atoms with Crippen LogP contribution in [0.15, 0.2) is 16.6 Å². The molecule has 98 valence electrons. The SMILES string of the molecule is O=C(O)Cc1cc(Br)c(C(F)(F)F)c([N+](=O)[O-])c1. The molecule has 0 aliphatic heterocycles. The molecule has 1 rings (SSSR count). The Labute approximate surface area is 106 Å². The summed E-state index contributed by atoms with van der Waals surface area (Å²) >= 11 is 2.57. The third-order valence-corrected chi connectivity index (χ3v) is 2.59. The van der Waals surface area contributed by atoms with Crippen LogP contribution in [0.3, 0.4) is 0 Å². The minimum Gasteiger partial charge on any atom is -0.481 e. The zero-order valence-corrected chi connectivity index (χ0v) is 10.1. The fourth-order valence-electron chi connectivity index (χ4n) is 1.35. The minimum absolute atomic E-state index is 0.0888. The van der Waals surface area contributed by atoms with E-state index in [0.29, 0.717) is 6.07 Å². The molecule has 0 saturated carbocycles. The molecule has 18 heavy (non-hydrogen) atoms. The Hall–Kier alpha value is -1.64. The quantitative estimate of drug-likeness (QED) is 0.683. The normalized spacial score (nSPS) is 11.3. The van der Waals surface area contributed by atoms with E-state index >= 15 is 0 Å². The van der Waals surface area contributed by atoms with E-state index in [0.717, 1.165) is 6.07 Å². The second kappa shape index (κ2) is 4.92. The maximum atomic E-state index is 12.6. The van der Waals surface area contributed by atoms with E-state index in [4.69, 9.17) is 5.11 Å². The average molecular weight is 328 g/mol. The predicted octanol–water partition coefficient (Wildman–Crippen LogP) is 3.00. The number of hydrogen-bond acceptors (Lipinski definition) is 3. The summed E-state index contributed by atoms with van der Waals surface area (Å²) in [4.78, 5) is 19.8. The minimum atomic E-state index is -4.90. The van der Waals surface area contributed by atoms with Crippen LogP contribution in [-0.4, -0.2) is 16.0 Å². The summed E-state index contributed by atoms with van der Waals surface area (Å²) in [5.41, 5.74) is -2.69. The lowest BCUT2D eigenvalue weighted by atomic mass is 10.1. The maximum absolute atomic E-state index is 12.6. The molecule has 0 aliphatic rings. The molecule has 0 unspecified atom stereocenters. The summed E-state index contributed by atoms with van der Waals surface area (Å²) in [7, 11) is 0. The van der Waals surface area contributed by atoms with Crippen molar-refractivity contribution in [1.29, 1.82) is 0 Å². The molecule has 0 aliphatic carbocycles. The molecule has 9 heteroatoms. The monoisotopic (exact) mass is 327 g/mol. The number of nitrogens with zero attached hydrogens (tertiary/aromatic N) is 1. The first kappa shape index (κ1) is 14.4. The van der Waals surface area contributed by atoms with Crippen LogP contribution in [0.25, 0.3) is 0 Å². The standard InChI is InChI=1S/C9H5BrF3NO4/c10-5-1-4(3-7(15)16)2-6(14(17)18)8(5)9(11,12)13/h1-2H,3H2,(H,15,16). The van der Waals surface area contributed by atoms with E-state index in [2.05, 4.69) is 15.9 Å². The van der Waals surface area contributed by atoms with Crippen LogP contribution in [0.4, 0.5) is 18.9 Å². The second-order valence-electron chi connectivity index (χ2n) is 3.30. The van der Waals surface area contributed by atoms with Crippen LogP contribution in [0.5, 0.6) is 0 Å². The number of carbonyl (C=O) groups is 1. The Morgan fingerprint density at radius 2 is 2.00 bits per heavy atom. The number of nitro benzene ring substituents is 1. The third-order valence-electron chi connectivity index (χ3n) is 1.96. The highest BCUT2D eigenvalue weighted by atomic mass is 79.9. The zero-order valence-electron chi connectivity index (χ0n) is 8.49. The van der Waals surface area contributed by atoms with Crippen LogP contribution in [0.1, 0.15) is 11.1 Å². The van der Waals surface area contributed by atoms with Gasteiger partial charge in [-0.3, -0.25) is 14.9 Å². The van der Waals surface area contributed by atoms with Gasteiger partial charge in [0, 0.05) is 10.5 Å². The van der Waals surface area contributed by atoms with Crippen LogP contribution in [0.2, 0.25) is 0 Å². The van der Waals surface area contributed by atoms with Gasteiger partial charge >= 0.3 is 12.1 Å². The summed E-state index contributed by atoms with van der Waals surface area (Å²) in [5.74, 6) is -1.30. The molecule has 0 amide bonds. The topological polar surface area (TPSA) is 80.4 Å². The van der Waals surface area contributed by atoms with E-state index < -0.39 is 39.2 Å². The van der Waals surface area contributed by atoms with Gasteiger partial charge in [-0.05, 0) is 27.6 Å². The van der Waals surface area contributed by atoms with Gasteiger partial charge in [0.2, 0.25) is 0 Å². The lowest BCUT2D eigenvalue weighted by Crippen LogP contribution is -2.11. The number of nitro groups is 1. The van der Waals surface area contributed by atoms with Crippen molar-refractivity contribution in [2.45, 2.75) is 12.6 Å². The largest absolute Gasteiger partial charge is 0.481 e. The summed E-state index contributed by atoms with van der Waals surface area (Å²) in [6, 6.07) is 1.52. The lowest BCUT2D eigenvalue weighted by molar-refractivity contribution is -0.388. The Morgan fingerprint density at radius 1 is 1.44 bits per heavy atom. The van der Waals surface area contributed by atoms with Crippen molar-refractivity contribution in [2.75, 3.05) is 0 Å². The molecular formula is C9H5BrF3NO4. The smallest absolute Gasteiger partial charge is 0.424 e. The van der Waals surface area contributed by atoms with E-state index in [1.54, 1.807) is 0 Å². The molecule has 1 aromatic carbocycles. The zero-order chi connectivity index (χ0) is 14.1. The van der Waals surface area contributed by atoms with Gasteiger partial charge in [-0.1, -0.05) is 0 Å². The summed E-state index contributed by atoms with van der Waals surface area (Å²) in [6.07, 6.45) is -5.50. The van der Waals surface area contributed by atoms with E-state index in [9.17, 15) is 28.1 Å². The molecule has 0 fully saturated rings. The Bertz CT molecular complexity index is 515. The van der Waals surface area contributed by atoms with E-state index in [1.165, 1.54) is 0 Å². The predicted molar refractivity (Wildman–Crippen MR) is 57.1 cm³/mol. The van der Waals surface area contributed by atoms with Gasteiger partial charge in [0.1, 0.15) is 5.56 Å². The van der Waals surface area contributed by atoms with Crippen LogP contribution >= 0.6 is 15.9 Å². The number of carboxylic acid groups (broad SMARTS) is 1. The van der Waals surface area contributed by atoms with Gasteiger partial charge in [-0.2, -0.15) is 13.2 Å². The van der Waals surface area contributed by atoms with Gasteiger partial charge in [0.25, 0.3) is 5.69 Å². The number of halogens is 4. The second-order valence-corrected chi connectivity index (χ2v) is 4.15. The molecule has 0 bridgehead atoms. The summed E-state index contributed by atoms with van der Waals surface area (Å²) in [5, 5.41) is 19.1. The fraction of sp³-hybridized carbons (Fsp3) is 0.222. The lowest BCUT2D eigenvalue weighted by Gasteiger charge is -2.10. The third kappa shape index (κ3) is 3.19. The Balaban J connectivity index is 3.46. The van der Waals surface area contributed by atoms with Crippen molar-refractivity contribution in [3.05, 3.63) is 37.8 Å². The summed E-state index contributed by atoms with van der Waals surface area (Å²) in [6.45, 7) is 0. The van der Waals surface area contributed by atoms with Gasteiger partial charge in [-0.25, -0.2) is 0 Å². The number of hydrogen-bond donors (Lipinski definition) is 1. The first-order chi connectivity index (χ1) is 8.12. The van der Waals surface area contributed by atoms with Gasteiger partial charge in [0.05, 0.1) is 11.3 Å². The highest BCUT2D eigenvalue weighted by Gasteiger charge is 2.41. The van der Waals surface area contributed by atoms with Crippen LogP contribution < -0.4 is 0 Å². The van der Waals surface area contributed by atoms with Crippen molar-refractivity contribution < 1.29 is 28.0 Å². The van der Waals surface area contributed by atoms with Gasteiger partial charge in [0.15, 0.2) is 0 Å². The molecule has 0 spiro atoms. The number of rotatable bonds is 3.